The van der Waals surface area contributed by atoms with Gasteiger partial charge in [0.25, 0.3) is 0 Å². The molecule has 0 radical (unpaired) electrons. The first-order chi connectivity index (χ1) is 9.38. The normalized spacial score (nSPS) is 16.3. The third-order valence-corrected chi connectivity index (χ3v) is 3.70. The van der Waals surface area contributed by atoms with Gasteiger partial charge in [0.15, 0.2) is 0 Å². The quantitative estimate of drug-likeness (QED) is 0.703. The zero-order valence-corrected chi connectivity index (χ0v) is 11.6. The molecule has 1 aromatic heterocycles. The van der Waals surface area contributed by atoms with Gasteiger partial charge in [-0.05, 0) is 12.3 Å². The van der Waals surface area contributed by atoms with Crippen LogP contribution in [0, 0.1) is 5.92 Å². The fraction of sp³-hybridized carbons (Fsp3) is 0.714. The molecule has 19 heavy (non-hydrogen) atoms. The van der Waals surface area contributed by atoms with E-state index in [1.807, 2.05) is 6.07 Å². The molecule has 0 bridgehead atoms. The number of hydrogen-bond acceptors (Lipinski definition) is 5. The van der Waals surface area contributed by atoms with Crippen molar-refractivity contribution in [2.45, 2.75) is 38.5 Å². The molecule has 0 spiro atoms. The molecule has 0 saturated heterocycles. The molecule has 0 aliphatic heterocycles. The van der Waals surface area contributed by atoms with Crippen molar-refractivity contribution in [3.05, 3.63) is 12.4 Å². The molecule has 0 aromatic carbocycles. The lowest BCUT2D eigenvalue weighted by molar-refractivity contribution is 0.345. The molecule has 0 unspecified atom stereocenters. The number of nitrogens with one attached hydrogen (secondary N) is 2. The lowest BCUT2D eigenvalue weighted by Gasteiger charge is -2.21. The Bertz CT molecular complexity index is 363. The summed E-state index contributed by atoms with van der Waals surface area (Å²) in [5, 5.41) is 6.54. The van der Waals surface area contributed by atoms with Gasteiger partial charge in [-0.2, -0.15) is 0 Å². The summed E-state index contributed by atoms with van der Waals surface area (Å²) < 4.78 is 0. The molecule has 1 heterocycles. The van der Waals surface area contributed by atoms with Gasteiger partial charge < -0.3 is 16.4 Å². The van der Waals surface area contributed by atoms with Crippen molar-refractivity contribution in [3.63, 3.8) is 0 Å². The van der Waals surface area contributed by atoms with E-state index >= 15 is 0 Å². The summed E-state index contributed by atoms with van der Waals surface area (Å²) in [5.74, 6) is 2.63. The Morgan fingerprint density at radius 1 is 1.05 bits per heavy atom. The highest BCUT2D eigenvalue weighted by molar-refractivity contribution is 5.46. The molecule has 4 N–H and O–H groups in total. The molecule has 0 atom stereocenters. The molecule has 1 fully saturated rings. The lowest BCUT2D eigenvalue weighted by Crippen LogP contribution is -2.15. The van der Waals surface area contributed by atoms with E-state index in [9.17, 15) is 0 Å². The Kier molecular flexibility index (Phi) is 5.88. The van der Waals surface area contributed by atoms with Crippen LogP contribution >= 0.6 is 0 Å². The maximum absolute atomic E-state index is 5.46. The van der Waals surface area contributed by atoms with E-state index in [1.54, 1.807) is 6.33 Å². The first kappa shape index (κ1) is 14.1. The maximum atomic E-state index is 5.46. The summed E-state index contributed by atoms with van der Waals surface area (Å²) in [7, 11) is 0. The van der Waals surface area contributed by atoms with E-state index in [2.05, 4.69) is 20.6 Å². The van der Waals surface area contributed by atoms with Crippen LogP contribution in [0.5, 0.6) is 0 Å². The zero-order valence-electron chi connectivity index (χ0n) is 11.6. The third-order valence-electron chi connectivity index (χ3n) is 3.70. The smallest absolute Gasteiger partial charge is 0.131 e. The van der Waals surface area contributed by atoms with Gasteiger partial charge in [0.2, 0.25) is 0 Å². The number of aromatic nitrogens is 2. The number of hydrogen-bond donors (Lipinski definition) is 3. The number of anilines is 2. The summed E-state index contributed by atoms with van der Waals surface area (Å²) in [6.45, 7) is 2.34. The van der Waals surface area contributed by atoms with Gasteiger partial charge in [-0.1, -0.05) is 32.1 Å². The van der Waals surface area contributed by atoms with Gasteiger partial charge in [-0.3, -0.25) is 0 Å². The Morgan fingerprint density at radius 3 is 2.42 bits per heavy atom. The van der Waals surface area contributed by atoms with Crippen LogP contribution in [0.15, 0.2) is 12.4 Å². The van der Waals surface area contributed by atoms with Crippen LogP contribution in [-0.2, 0) is 0 Å². The largest absolute Gasteiger partial charge is 0.370 e. The number of nitrogens with two attached hydrogens (primary N) is 1. The summed E-state index contributed by atoms with van der Waals surface area (Å²) >= 11 is 0. The van der Waals surface area contributed by atoms with E-state index in [0.29, 0.717) is 6.54 Å². The van der Waals surface area contributed by atoms with Crippen LogP contribution in [0.4, 0.5) is 11.6 Å². The fourth-order valence-corrected chi connectivity index (χ4v) is 2.63. The van der Waals surface area contributed by atoms with Crippen LogP contribution in [0.3, 0.4) is 0 Å². The monoisotopic (exact) mass is 263 g/mol. The highest BCUT2D eigenvalue weighted by Crippen LogP contribution is 2.26. The van der Waals surface area contributed by atoms with E-state index < -0.39 is 0 Å². The fourth-order valence-electron chi connectivity index (χ4n) is 2.63. The van der Waals surface area contributed by atoms with Gasteiger partial charge in [-0.15, -0.1) is 0 Å². The van der Waals surface area contributed by atoms with Crippen molar-refractivity contribution in [1.82, 2.24) is 9.97 Å². The molecule has 1 aliphatic carbocycles. The second-order valence-corrected chi connectivity index (χ2v) is 5.22. The van der Waals surface area contributed by atoms with Crippen molar-refractivity contribution < 1.29 is 0 Å². The molecular weight excluding hydrogens is 238 g/mol. The zero-order chi connectivity index (χ0) is 13.3. The molecule has 5 heteroatoms. The van der Waals surface area contributed by atoms with Crippen molar-refractivity contribution in [2.24, 2.45) is 11.7 Å². The molecule has 1 aromatic rings. The van der Waals surface area contributed by atoms with E-state index in [0.717, 1.165) is 30.6 Å². The maximum Gasteiger partial charge on any atom is 0.131 e. The average Bonchev–Trinajstić information content (AvgIpc) is 2.47. The van der Waals surface area contributed by atoms with Gasteiger partial charge in [0, 0.05) is 25.7 Å². The molecule has 2 rings (SSSR count). The number of nitrogens with zero attached hydrogens (tertiary/aromatic N) is 2. The van der Waals surface area contributed by atoms with Crippen LogP contribution in [0.2, 0.25) is 0 Å². The highest BCUT2D eigenvalue weighted by Gasteiger charge is 2.12. The van der Waals surface area contributed by atoms with Gasteiger partial charge >= 0.3 is 0 Å². The minimum absolute atomic E-state index is 0.606. The second kappa shape index (κ2) is 7.94. The summed E-state index contributed by atoms with van der Waals surface area (Å²) in [5.41, 5.74) is 5.46. The summed E-state index contributed by atoms with van der Waals surface area (Å²) in [4.78, 5) is 8.39. The van der Waals surface area contributed by atoms with Crippen molar-refractivity contribution >= 4 is 11.6 Å². The van der Waals surface area contributed by atoms with Crippen molar-refractivity contribution in [2.75, 3.05) is 30.3 Å². The molecule has 0 amide bonds. The van der Waals surface area contributed by atoms with Crippen LogP contribution < -0.4 is 16.4 Å². The Labute approximate surface area is 115 Å². The summed E-state index contributed by atoms with van der Waals surface area (Å²) in [6.07, 6.45) is 9.86. The molecular formula is C14H25N5. The first-order valence-electron chi connectivity index (χ1n) is 7.38. The Morgan fingerprint density at radius 2 is 1.74 bits per heavy atom. The van der Waals surface area contributed by atoms with Crippen LogP contribution in [-0.4, -0.2) is 29.6 Å². The van der Waals surface area contributed by atoms with E-state index in [-0.39, 0.29) is 0 Å². The minimum atomic E-state index is 0.606. The Hall–Kier alpha value is -1.36. The van der Waals surface area contributed by atoms with E-state index in [4.69, 9.17) is 5.73 Å². The Balaban J connectivity index is 1.72. The van der Waals surface area contributed by atoms with Crippen LogP contribution in [0.25, 0.3) is 0 Å². The van der Waals surface area contributed by atoms with Crippen LogP contribution in [0.1, 0.15) is 38.5 Å². The SMILES string of the molecule is NCCNc1cc(NCCC2CCCCC2)ncn1. The topological polar surface area (TPSA) is 75.9 Å². The minimum Gasteiger partial charge on any atom is -0.370 e. The van der Waals surface area contributed by atoms with Gasteiger partial charge in [0.1, 0.15) is 18.0 Å². The first-order valence-corrected chi connectivity index (χ1v) is 7.38. The number of rotatable bonds is 7. The second-order valence-electron chi connectivity index (χ2n) is 5.22. The van der Waals surface area contributed by atoms with Gasteiger partial charge in [-0.25, -0.2) is 9.97 Å². The highest BCUT2D eigenvalue weighted by atomic mass is 15.1. The molecule has 1 saturated carbocycles. The predicted molar refractivity (Wildman–Crippen MR) is 79.3 cm³/mol. The molecule has 1 aliphatic rings. The molecule has 106 valence electrons. The third kappa shape index (κ3) is 5.03. The van der Waals surface area contributed by atoms with E-state index in [1.165, 1.54) is 38.5 Å². The average molecular weight is 263 g/mol. The van der Waals surface area contributed by atoms with Crippen molar-refractivity contribution in [3.8, 4) is 0 Å². The predicted octanol–water partition coefficient (Wildman–Crippen LogP) is 2.23. The van der Waals surface area contributed by atoms with Gasteiger partial charge in [0.05, 0.1) is 0 Å². The lowest BCUT2D eigenvalue weighted by atomic mass is 9.87. The van der Waals surface area contributed by atoms with Crippen molar-refractivity contribution in [1.29, 1.82) is 0 Å². The molecule has 5 nitrogen and oxygen atoms in total. The standard InChI is InChI=1S/C14H25N5/c15-7-9-17-14-10-13(18-11-19-14)16-8-6-12-4-2-1-3-5-12/h10-12H,1-9,15H2,(H2,16,17,18,19). The summed E-state index contributed by atoms with van der Waals surface area (Å²) in [6, 6.07) is 1.94.